The molecule has 0 spiro atoms. The first kappa shape index (κ1) is 13.8. The number of hydrogen-bond donors (Lipinski definition) is 2. The lowest BCUT2D eigenvalue weighted by molar-refractivity contribution is -0.384. The van der Waals surface area contributed by atoms with Crippen LogP contribution in [0.1, 0.15) is 11.1 Å². The largest absolute Gasteiger partial charge is 0.489 e. The second-order valence-corrected chi connectivity index (χ2v) is 4.35. The van der Waals surface area contributed by atoms with Gasteiger partial charge in [-0.15, -0.1) is 0 Å². The van der Waals surface area contributed by atoms with Gasteiger partial charge in [0.15, 0.2) is 0 Å². The molecule has 0 aliphatic rings. The van der Waals surface area contributed by atoms with E-state index in [4.69, 9.17) is 10.6 Å². The molecule has 6 nitrogen and oxygen atoms in total. The van der Waals surface area contributed by atoms with Gasteiger partial charge in [-0.3, -0.25) is 16.0 Å². The molecule has 0 aliphatic heterocycles. The van der Waals surface area contributed by atoms with Crippen molar-refractivity contribution in [2.75, 3.05) is 5.43 Å². The fourth-order valence-corrected chi connectivity index (χ4v) is 1.82. The van der Waals surface area contributed by atoms with Crippen LogP contribution in [0.15, 0.2) is 42.5 Å². The molecule has 0 aliphatic carbocycles. The van der Waals surface area contributed by atoms with Crippen molar-refractivity contribution in [3.05, 3.63) is 63.7 Å². The lowest BCUT2D eigenvalue weighted by Crippen LogP contribution is -2.10. The predicted octanol–water partition coefficient (Wildman–Crippen LogP) is 2.77. The zero-order valence-corrected chi connectivity index (χ0v) is 11.0. The fraction of sp³-hybridized carbons (Fsp3) is 0.143. The van der Waals surface area contributed by atoms with Crippen molar-refractivity contribution in [2.45, 2.75) is 13.5 Å². The summed E-state index contributed by atoms with van der Waals surface area (Å²) in [6.45, 7) is 2.16. The van der Waals surface area contributed by atoms with Gasteiger partial charge >= 0.3 is 0 Å². The molecule has 0 bridgehead atoms. The van der Waals surface area contributed by atoms with Gasteiger partial charge in [-0.1, -0.05) is 12.1 Å². The number of nitrogens with two attached hydrogens (primary N) is 1. The van der Waals surface area contributed by atoms with Crippen LogP contribution >= 0.6 is 0 Å². The van der Waals surface area contributed by atoms with Gasteiger partial charge in [-0.05, 0) is 30.7 Å². The van der Waals surface area contributed by atoms with Crippen molar-refractivity contribution >= 4 is 11.4 Å². The van der Waals surface area contributed by atoms with Gasteiger partial charge < -0.3 is 10.2 Å². The molecule has 0 saturated heterocycles. The first-order valence-corrected chi connectivity index (χ1v) is 6.03. The van der Waals surface area contributed by atoms with Crippen LogP contribution < -0.4 is 16.0 Å². The fourth-order valence-electron chi connectivity index (χ4n) is 1.82. The summed E-state index contributed by atoms with van der Waals surface area (Å²) in [5.74, 6) is 6.10. The molecule has 2 rings (SSSR count). The van der Waals surface area contributed by atoms with Crippen LogP contribution in [0.3, 0.4) is 0 Å². The Bertz CT molecular complexity index is 629. The minimum atomic E-state index is -0.448. The molecule has 0 amide bonds. The monoisotopic (exact) mass is 273 g/mol. The van der Waals surface area contributed by atoms with Gasteiger partial charge in [0.1, 0.15) is 12.4 Å². The number of hydrogen-bond acceptors (Lipinski definition) is 5. The van der Waals surface area contributed by atoms with E-state index in [-0.39, 0.29) is 12.3 Å². The summed E-state index contributed by atoms with van der Waals surface area (Å²) >= 11 is 0. The minimum absolute atomic E-state index is 0.00634. The summed E-state index contributed by atoms with van der Waals surface area (Å²) in [6.07, 6.45) is 0. The molecule has 2 aromatic carbocycles. The van der Waals surface area contributed by atoms with E-state index in [1.165, 1.54) is 12.1 Å². The summed E-state index contributed by atoms with van der Waals surface area (Å²) in [7, 11) is 0. The number of ether oxygens (including phenoxy) is 1. The van der Waals surface area contributed by atoms with E-state index in [9.17, 15) is 10.1 Å². The molecule has 104 valence electrons. The number of aryl methyl sites for hydroxylation is 1. The Kier molecular flexibility index (Phi) is 4.17. The topological polar surface area (TPSA) is 90.4 Å². The lowest BCUT2D eigenvalue weighted by Gasteiger charge is -2.11. The third-order valence-electron chi connectivity index (χ3n) is 2.84. The highest BCUT2D eigenvalue weighted by molar-refractivity contribution is 5.55. The lowest BCUT2D eigenvalue weighted by atomic mass is 10.1. The van der Waals surface area contributed by atoms with E-state index in [1.807, 2.05) is 31.2 Å². The molecule has 0 aromatic heterocycles. The number of nitrogen functional groups attached to an aromatic ring is 1. The maximum Gasteiger partial charge on any atom is 0.269 e. The summed E-state index contributed by atoms with van der Waals surface area (Å²) in [5.41, 5.74) is 4.82. The highest BCUT2D eigenvalue weighted by atomic mass is 16.6. The van der Waals surface area contributed by atoms with Gasteiger partial charge in [-0.2, -0.15) is 0 Å². The van der Waals surface area contributed by atoms with Crippen LogP contribution in [0.4, 0.5) is 11.4 Å². The summed E-state index contributed by atoms with van der Waals surface area (Å²) in [4.78, 5) is 10.3. The first-order chi connectivity index (χ1) is 9.60. The number of nitrogens with one attached hydrogen (secondary N) is 1. The number of nitro groups is 1. The predicted molar refractivity (Wildman–Crippen MR) is 76.4 cm³/mol. The van der Waals surface area contributed by atoms with Crippen LogP contribution in [0, 0.1) is 17.0 Å². The van der Waals surface area contributed by atoms with Crippen molar-refractivity contribution in [1.82, 2.24) is 0 Å². The third-order valence-corrected chi connectivity index (χ3v) is 2.84. The third kappa shape index (κ3) is 3.24. The first-order valence-electron chi connectivity index (χ1n) is 6.03. The normalized spacial score (nSPS) is 10.1. The van der Waals surface area contributed by atoms with Crippen molar-refractivity contribution in [2.24, 2.45) is 5.84 Å². The van der Waals surface area contributed by atoms with E-state index >= 15 is 0 Å². The molecule has 20 heavy (non-hydrogen) atoms. The quantitative estimate of drug-likeness (QED) is 0.496. The molecule has 0 atom stereocenters. The Hall–Kier alpha value is -2.60. The van der Waals surface area contributed by atoms with E-state index in [0.29, 0.717) is 17.0 Å². The van der Waals surface area contributed by atoms with E-state index in [1.54, 1.807) is 6.07 Å². The minimum Gasteiger partial charge on any atom is -0.489 e. The average Bonchev–Trinajstić information content (AvgIpc) is 2.44. The standard InChI is InChI=1S/C14H15N3O3/c1-10-3-2-4-13(7-10)20-9-11-8-12(17(18)19)5-6-14(11)16-15/h2-8,16H,9,15H2,1H3. The van der Waals surface area contributed by atoms with Gasteiger partial charge in [-0.25, -0.2) is 0 Å². The average molecular weight is 273 g/mol. The van der Waals surface area contributed by atoms with Gasteiger partial charge in [0.25, 0.3) is 5.69 Å². The van der Waals surface area contributed by atoms with Crippen LogP contribution in [0.25, 0.3) is 0 Å². The zero-order valence-electron chi connectivity index (χ0n) is 11.0. The molecule has 2 aromatic rings. The Morgan fingerprint density at radius 2 is 2.10 bits per heavy atom. The molecule has 0 saturated carbocycles. The van der Waals surface area contributed by atoms with Gasteiger partial charge in [0.05, 0.1) is 10.6 Å². The molecule has 0 fully saturated rings. The van der Waals surface area contributed by atoms with Crippen molar-refractivity contribution in [3.8, 4) is 5.75 Å². The second kappa shape index (κ2) is 6.03. The number of hydrazine groups is 1. The van der Waals surface area contributed by atoms with Crippen LogP contribution in [0.5, 0.6) is 5.75 Å². The van der Waals surface area contributed by atoms with E-state index in [2.05, 4.69) is 5.43 Å². The number of anilines is 1. The Balaban J connectivity index is 2.19. The molecule has 6 heteroatoms. The molecule has 0 heterocycles. The maximum atomic E-state index is 10.8. The molecule has 0 radical (unpaired) electrons. The van der Waals surface area contributed by atoms with E-state index < -0.39 is 4.92 Å². The Labute approximate surface area is 116 Å². The SMILES string of the molecule is Cc1cccc(OCc2cc([N+](=O)[O-])ccc2NN)c1. The maximum absolute atomic E-state index is 10.8. The van der Waals surface area contributed by atoms with Crippen LogP contribution in [-0.2, 0) is 6.61 Å². The van der Waals surface area contributed by atoms with Crippen LogP contribution in [-0.4, -0.2) is 4.92 Å². The molecule has 0 unspecified atom stereocenters. The summed E-state index contributed by atoms with van der Waals surface area (Å²) < 4.78 is 5.63. The highest BCUT2D eigenvalue weighted by Crippen LogP contribution is 2.23. The number of benzene rings is 2. The van der Waals surface area contributed by atoms with Crippen molar-refractivity contribution in [3.63, 3.8) is 0 Å². The van der Waals surface area contributed by atoms with Crippen LogP contribution in [0.2, 0.25) is 0 Å². The molecular weight excluding hydrogens is 258 g/mol. The van der Waals surface area contributed by atoms with Gasteiger partial charge in [0.2, 0.25) is 0 Å². The number of nitrogens with zero attached hydrogens (tertiary/aromatic N) is 1. The Morgan fingerprint density at radius 3 is 2.75 bits per heavy atom. The number of non-ortho nitro benzene ring substituents is 1. The van der Waals surface area contributed by atoms with Gasteiger partial charge in [0, 0.05) is 17.7 Å². The van der Waals surface area contributed by atoms with Crippen molar-refractivity contribution < 1.29 is 9.66 Å². The smallest absolute Gasteiger partial charge is 0.269 e. The summed E-state index contributed by atoms with van der Waals surface area (Å²) in [6, 6.07) is 12.0. The highest BCUT2D eigenvalue weighted by Gasteiger charge is 2.10. The van der Waals surface area contributed by atoms with Crippen molar-refractivity contribution in [1.29, 1.82) is 0 Å². The number of nitro benzene ring substituents is 1. The molecular formula is C14H15N3O3. The number of rotatable bonds is 5. The summed E-state index contributed by atoms with van der Waals surface area (Å²) in [5, 5.41) is 10.8. The van der Waals surface area contributed by atoms with E-state index in [0.717, 1.165) is 5.56 Å². The Morgan fingerprint density at radius 1 is 1.30 bits per heavy atom. The zero-order chi connectivity index (χ0) is 14.5. The second-order valence-electron chi connectivity index (χ2n) is 4.35. The molecule has 3 N–H and O–H groups in total.